The second-order valence-electron chi connectivity index (χ2n) is 4.88. The van der Waals surface area contributed by atoms with Gasteiger partial charge in [0.05, 0.1) is 23.8 Å². The molecule has 0 bridgehead atoms. The standard InChI is InChI=1S/C16H15F3N2O2/c17-16(18,19)12-6-8-13(9-7-12)20-21-15(23)10-14(22)11-4-2-1-3-5-11/h1-9,14,20,22H,10H2,(H,21,23). The lowest BCUT2D eigenvalue weighted by molar-refractivity contribution is -0.137. The Morgan fingerprint density at radius 1 is 1.04 bits per heavy atom. The summed E-state index contributed by atoms with van der Waals surface area (Å²) in [6.45, 7) is 0. The van der Waals surface area contributed by atoms with Crippen LogP contribution in [0.3, 0.4) is 0 Å². The Bertz CT molecular complexity index is 643. The summed E-state index contributed by atoms with van der Waals surface area (Å²) in [4.78, 5) is 11.7. The number of hydrazine groups is 1. The number of hydrogen-bond acceptors (Lipinski definition) is 3. The van der Waals surface area contributed by atoms with Gasteiger partial charge in [-0.25, -0.2) is 0 Å². The van der Waals surface area contributed by atoms with Gasteiger partial charge in [-0.3, -0.25) is 15.6 Å². The molecule has 23 heavy (non-hydrogen) atoms. The minimum absolute atomic E-state index is 0.169. The lowest BCUT2D eigenvalue weighted by Gasteiger charge is -2.13. The van der Waals surface area contributed by atoms with E-state index in [9.17, 15) is 23.1 Å². The van der Waals surface area contributed by atoms with Gasteiger partial charge in [-0.2, -0.15) is 13.2 Å². The number of anilines is 1. The summed E-state index contributed by atoms with van der Waals surface area (Å²) < 4.78 is 37.3. The molecule has 122 valence electrons. The van der Waals surface area contributed by atoms with Gasteiger partial charge in [-0.1, -0.05) is 30.3 Å². The van der Waals surface area contributed by atoms with Crippen molar-refractivity contribution >= 4 is 11.6 Å². The SMILES string of the molecule is O=C(CC(O)c1ccccc1)NNc1ccc(C(F)(F)F)cc1. The largest absolute Gasteiger partial charge is 0.416 e. The topological polar surface area (TPSA) is 61.4 Å². The molecular formula is C16H15F3N2O2. The monoisotopic (exact) mass is 324 g/mol. The van der Waals surface area contributed by atoms with E-state index >= 15 is 0 Å². The Hall–Kier alpha value is -2.54. The van der Waals surface area contributed by atoms with Crippen LogP contribution in [-0.4, -0.2) is 11.0 Å². The number of nitrogens with one attached hydrogen (secondary N) is 2. The predicted octanol–water partition coefficient (Wildman–Crippen LogP) is 3.27. The first-order valence-electron chi connectivity index (χ1n) is 6.81. The first-order chi connectivity index (χ1) is 10.9. The Morgan fingerprint density at radius 3 is 2.22 bits per heavy atom. The summed E-state index contributed by atoms with van der Waals surface area (Å²) in [6, 6.07) is 12.9. The number of benzene rings is 2. The zero-order valence-electron chi connectivity index (χ0n) is 12.0. The van der Waals surface area contributed by atoms with E-state index in [0.717, 1.165) is 12.1 Å². The third-order valence-electron chi connectivity index (χ3n) is 3.12. The summed E-state index contributed by atoms with van der Waals surface area (Å²) in [5, 5.41) is 9.90. The number of carbonyl (C=O) groups excluding carboxylic acids is 1. The molecule has 1 atom stereocenters. The molecule has 0 aromatic heterocycles. The van der Waals surface area contributed by atoms with Crippen LogP contribution in [0.5, 0.6) is 0 Å². The first kappa shape index (κ1) is 16.8. The maximum atomic E-state index is 12.4. The van der Waals surface area contributed by atoms with E-state index in [2.05, 4.69) is 10.9 Å². The number of aliphatic hydroxyl groups excluding tert-OH is 1. The summed E-state index contributed by atoms with van der Waals surface area (Å²) in [5.41, 5.74) is 4.97. The average molecular weight is 324 g/mol. The van der Waals surface area contributed by atoms with Crippen molar-refractivity contribution in [2.24, 2.45) is 0 Å². The Kier molecular flexibility index (Phi) is 5.23. The lowest BCUT2D eigenvalue weighted by atomic mass is 10.1. The molecule has 0 aliphatic heterocycles. The molecule has 7 heteroatoms. The van der Waals surface area contributed by atoms with Gasteiger partial charge in [-0.05, 0) is 29.8 Å². The van der Waals surface area contributed by atoms with Crippen molar-refractivity contribution in [1.82, 2.24) is 5.43 Å². The maximum Gasteiger partial charge on any atom is 0.416 e. The molecule has 0 aliphatic rings. The molecule has 3 N–H and O–H groups in total. The maximum absolute atomic E-state index is 12.4. The summed E-state index contributed by atoms with van der Waals surface area (Å²) in [6.07, 6.45) is -5.52. The first-order valence-corrected chi connectivity index (χ1v) is 6.81. The molecule has 0 saturated heterocycles. The van der Waals surface area contributed by atoms with Crippen LogP contribution in [0.15, 0.2) is 54.6 Å². The molecule has 0 radical (unpaired) electrons. The molecule has 0 aliphatic carbocycles. The van der Waals surface area contributed by atoms with Crippen LogP contribution < -0.4 is 10.9 Å². The number of hydrogen-bond donors (Lipinski definition) is 3. The molecule has 4 nitrogen and oxygen atoms in total. The third-order valence-corrected chi connectivity index (χ3v) is 3.12. The van der Waals surface area contributed by atoms with E-state index < -0.39 is 23.8 Å². The van der Waals surface area contributed by atoms with E-state index in [0.29, 0.717) is 11.3 Å². The van der Waals surface area contributed by atoms with Crippen LogP contribution in [0.25, 0.3) is 0 Å². The van der Waals surface area contributed by atoms with Gasteiger partial charge in [0.2, 0.25) is 5.91 Å². The molecule has 0 saturated carbocycles. The fraction of sp³-hybridized carbons (Fsp3) is 0.188. The van der Waals surface area contributed by atoms with Gasteiger partial charge < -0.3 is 5.11 Å². The zero-order valence-corrected chi connectivity index (χ0v) is 12.0. The Labute approximate surface area is 130 Å². The predicted molar refractivity (Wildman–Crippen MR) is 79.2 cm³/mol. The molecule has 0 fully saturated rings. The van der Waals surface area contributed by atoms with Crippen LogP contribution in [0.4, 0.5) is 18.9 Å². The molecule has 1 amide bonds. The molecule has 0 heterocycles. The quantitative estimate of drug-likeness (QED) is 0.740. The fourth-order valence-electron chi connectivity index (χ4n) is 1.90. The zero-order chi connectivity index (χ0) is 16.9. The van der Waals surface area contributed by atoms with E-state index in [1.54, 1.807) is 30.3 Å². The van der Waals surface area contributed by atoms with Crippen molar-refractivity contribution in [2.45, 2.75) is 18.7 Å². The molecule has 2 rings (SSSR count). The molecular weight excluding hydrogens is 309 g/mol. The van der Waals surface area contributed by atoms with Gasteiger partial charge in [0.15, 0.2) is 0 Å². The molecule has 1 unspecified atom stereocenters. The van der Waals surface area contributed by atoms with Crippen LogP contribution >= 0.6 is 0 Å². The molecule has 0 spiro atoms. The van der Waals surface area contributed by atoms with Crippen LogP contribution in [-0.2, 0) is 11.0 Å². The highest BCUT2D eigenvalue weighted by Gasteiger charge is 2.29. The molecule has 2 aromatic rings. The van der Waals surface area contributed by atoms with E-state index in [1.165, 1.54) is 12.1 Å². The summed E-state index contributed by atoms with van der Waals surface area (Å²) >= 11 is 0. The highest BCUT2D eigenvalue weighted by atomic mass is 19.4. The van der Waals surface area contributed by atoms with Gasteiger partial charge in [0.1, 0.15) is 0 Å². The number of amides is 1. The second kappa shape index (κ2) is 7.15. The third kappa shape index (κ3) is 5.00. The minimum atomic E-state index is -4.40. The molecule has 2 aromatic carbocycles. The highest BCUT2D eigenvalue weighted by molar-refractivity contribution is 5.78. The lowest BCUT2D eigenvalue weighted by Crippen LogP contribution is -2.30. The smallest absolute Gasteiger partial charge is 0.388 e. The van der Waals surface area contributed by atoms with Crippen LogP contribution in [0, 0.1) is 0 Å². The van der Waals surface area contributed by atoms with Crippen LogP contribution in [0.1, 0.15) is 23.7 Å². The van der Waals surface area contributed by atoms with Crippen LogP contribution in [0.2, 0.25) is 0 Å². The average Bonchev–Trinajstić information content (AvgIpc) is 2.53. The van der Waals surface area contributed by atoms with E-state index in [-0.39, 0.29) is 6.42 Å². The minimum Gasteiger partial charge on any atom is -0.388 e. The van der Waals surface area contributed by atoms with Crippen molar-refractivity contribution in [3.05, 3.63) is 65.7 Å². The van der Waals surface area contributed by atoms with Crippen molar-refractivity contribution in [2.75, 3.05) is 5.43 Å². The van der Waals surface area contributed by atoms with E-state index in [4.69, 9.17) is 0 Å². The number of carbonyl (C=O) groups is 1. The van der Waals surface area contributed by atoms with Gasteiger partial charge in [0, 0.05) is 0 Å². The van der Waals surface area contributed by atoms with Gasteiger partial charge in [0.25, 0.3) is 0 Å². The van der Waals surface area contributed by atoms with Gasteiger partial charge in [-0.15, -0.1) is 0 Å². The normalized spacial score (nSPS) is 12.5. The Morgan fingerprint density at radius 2 is 1.65 bits per heavy atom. The number of halogens is 3. The number of rotatable bonds is 5. The summed E-state index contributed by atoms with van der Waals surface area (Å²) in [7, 11) is 0. The summed E-state index contributed by atoms with van der Waals surface area (Å²) in [5.74, 6) is -0.485. The number of alkyl halides is 3. The second-order valence-corrected chi connectivity index (χ2v) is 4.88. The Balaban J connectivity index is 1.85. The van der Waals surface area contributed by atoms with Crippen molar-refractivity contribution in [1.29, 1.82) is 0 Å². The highest BCUT2D eigenvalue weighted by Crippen LogP contribution is 2.29. The van der Waals surface area contributed by atoms with E-state index in [1.807, 2.05) is 0 Å². The van der Waals surface area contributed by atoms with Crippen molar-refractivity contribution < 1.29 is 23.1 Å². The van der Waals surface area contributed by atoms with Crippen molar-refractivity contribution in [3.63, 3.8) is 0 Å². The number of aliphatic hydroxyl groups is 1. The fourth-order valence-corrected chi connectivity index (χ4v) is 1.90. The van der Waals surface area contributed by atoms with Crippen molar-refractivity contribution in [3.8, 4) is 0 Å². The van der Waals surface area contributed by atoms with Gasteiger partial charge >= 0.3 is 6.18 Å².